The normalized spacial score (nSPS) is 26.3. The molecule has 4 heteroatoms. The predicted octanol–water partition coefficient (Wildman–Crippen LogP) is 1.78. The predicted molar refractivity (Wildman–Crippen MR) is 88.2 cm³/mol. The van der Waals surface area contributed by atoms with Crippen molar-refractivity contribution < 1.29 is 14.5 Å². The zero-order chi connectivity index (χ0) is 16.3. The summed E-state index contributed by atoms with van der Waals surface area (Å²) in [4.78, 5) is 25.5. The molecular weight excluding hydrogens is 276 g/mol. The molecule has 1 amide bonds. The van der Waals surface area contributed by atoms with Crippen LogP contribution >= 0.6 is 0 Å². The number of benzene rings is 1. The summed E-state index contributed by atoms with van der Waals surface area (Å²) < 4.78 is 0. The van der Waals surface area contributed by atoms with Crippen LogP contribution in [-0.4, -0.2) is 30.8 Å². The number of anilines is 1. The standard InChI is InChI=1S/C18H26N2O2/c1-12-9-13(2)11-20(10-12)14(3)18(22)19-17-8-6-5-7-16(17)15(4)21/h5-8,12-14H,9-11H2,1-4H3,(H,19,22)/p+1/t12-,13-,14+/m1/s1. The first kappa shape index (κ1) is 16.7. The lowest BCUT2D eigenvalue weighted by atomic mass is 9.91. The van der Waals surface area contributed by atoms with E-state index < -0.39 is 0 Å². The molecule has 0 unspecified atom stereocenters. The lowest BCUT2D eigenvalue weighted by Gasteiger charge is -2.35. The first-order valence-electron chi connectivity index (χ1n) is 8.14. The molecule has 1 saturated heterocycles. The second-order valence-electron chi connectivity index (χ2n) is 6.83. The van der Waals surface area contributed by atoms with E-state index in [1.54, 1.807) is 12.1 Å². The highest BCUT2D eigenvalue weighted by atomic mass is 16.2. The maximum Gasteiger partial charge on any atom is 0.282 e. The molecule has 120 valence electrons. The number of nitrogens with one attached hydrogen (secondary N) is 2. The highest BCUT2D eigenvalue weighted by Crippen LogP contribution is 2.16. The summed E-state index contributed by atoms with van der Waals surface area (Å²) in [6.07, 6.45) is 1.24. The molecule has 3 atom stereocenters. The molecule has 4 nitrogen and oxygen atoms in total. The van der Waals surface area contributed by atoms with Gasteiger partial charge in [-0.15, -0.1) is 0 Å². The van der Waals surface area contributed by atoms with E-state index in [0.29, 0.717) is 23.1 Å². The SMILES string of the molecule is CC(=O)c1ccccc1NC(=O)[C@H](C)[NH+]1C[C@H](C)C[C@@H](C)C1. The average Bonchev–Trinajstić information content (AvgIpc) is 2.45. The van der Waals surface area contributed by atoms with Gasteiger partial charge in [0.15, 0.2) is 11.8 Å². The average molecular weight is 303 g/mol. The van der Waals surface area contributed by atoms with Crippen LogP contribution in [0.3, 0.4) is 0 Å². The van der Waals surface area contributed by atoms with E-state index >= 15 is 0 Å². The number of likely N-dealkylation sites (tertiary alicyclic amines) is 1. The van der Waals surface area contributed by atoms with E-state index in [9.17, 15) is 9.59 Å². The van der Waals surface area contributed by atoms with Crippen LogP contribution in [0.2, 0.25) is 0 Å². The Kier molecular flexibility index (Phi) is 5.35. The smallest absolute Gasteiger partial charge is 0.282 e. The molecule has 1 fully saturated rings. The summed E-state index contributed by atoms with van der Waals surface area (Å²) >= 11 is 0. The molecule has 0 bridgehead atoms. The molecule has 2 N–H and O–H groups in total. The third-order valence-corrected chi connectivity index (χ3v) is 4.60. The van der Waals surface area contributed by atoms with Crippen molar-refractivity contribution in [2.24, 2.45) is 11.8 Å². The zero-order valence-corrected chi connectivity index (χ0v) is 14.0. The van der Waals surface area contributed by atoms with Crippen LogP contribution in [-0.2, 0) is 4.79 Å². The van der Waals surface area contributed by atoms with Crippen LogP contribution in [0.25, 0.3) is 0 Å². The Labute approximate surface area is 132 Å². The van der Waals surface area contributed by atoms with Crippen LogP contribution in [0.4, 0.5) is 5.69 Å². The molecule has 0 aromatic heterocycles. The minimum Gasteiger partial charge on any atom is -0.324 e. The summed E-state index contributed by atoms with van der Waals surface area (Å²) in [5.41, 5.74) is 1.18. The van der Waals surface area contributed by atoms with Gasteiger partial charge in [-0.1, -0.05) is 26.0 Å². The number of hydrogen-bond acceptors (Lipinski definition) is 2. The first-order chi connectivity index (χ1) is 10.4. The van der Waals surface area contributed by atoms with Crippen molar-refractivity contribution in [2.45, 2.75) is 40.2 Å². The zero-order valence-electron chi connectivity index (χ0n) is 14.0. The van der Waals surface area contributed by atoms with Gasteiger partial charge in [0, 0.05) is 17.4 Å². The maximum absolute atomic E-state index is 12.6. The fourth-order valence-corrected chi connectivity index (χ4v) is 3.51. The van der Waals surface area contributed by atoms with Gasteiger partial charge < -0.3 is 10.2 Å². The van der Waals surface area contributed by atoms with Gasteiger partial charge in [0.1, 0.15) is 0 Å². The number of ketones is 1. The molecule has 0 spiro atoms. The number of carbonyl (C=O) groups is 2. The fourth-order valence-electron chi connectivity index (χ4n) is 3.51. The van der Waals surface area contributed by atoms with Gasteiger partial charge in [-0.05, 0) is 32.4 Å². The maximum atomic E-state index is 12.6. The fraction of sp³-hybridized carbons (Fsp3) is 0.556. The molecule has 1 aliphatic rings. The van der Waals surface area contributed by atoms with Gasteiger partial charge in [0.05, 0.1) is 18.8 Å². The lowest BCUT2D eigenvalue weighted by molar-refractivity contribution is -0.925. The van der Waals surface area contributed by atoms with E-state index in [2.05, 4.69) is 19.2 Å². The molecular formula is C18H27N2O2+. The summed E-state index contributed by atoms with van der Waals surface area (Å²) in [5.74, 6) is 1.26. The van der Waals surface area contributed by atoms with Gasteiger partial charge in [0.2, 0.25) is 0 Å². The third-order valence-electron chi connectivity index (χ3n) is 4.60. The number of quaternary nitrogens is 1. The minimum absolute atomic E-state index is 0.00926. The molecule has 2 rings (SSSR count). The van der Waals surface area contributed by atoms with Gasteiger partial charge in [-0.2, -0.15) is 0 Å². The van der Waals surface area contributed by atoms with Gasteiger partial charge in [0.25, 0.3) is 5.91 Å². The highest BCUT2D eigenvalue weighted by molar-refractivity contribution is 6.04. The number of hydrogen-bond donors (Lipinski definition) is 2. The van der Waals surface area contributed by atoms with E-state index in [1.165, 1.54) is 18.2 Å². The molecule has 0 aliphatic carbocycles. The van der Waals surface area contributed by atoms with Crippen LogP contribution in [0, 0.1) is 11.8 Å². The Morgan fingerprint density at radius 3 is 2.36 bits per heavy atom. The number of rotatable bonds is 4. The first-order valence-corrected chi connectivity index (χ1v) is 8.14. The van der Waals surface area contributed by atoms with Crippen LogP contribution in [0.15, 0.2) is 24.3 Å². The van der Waals surface area contributed by atoms with Crippen molar-refractivity contribution >= 4 is 17.4 Å². The van der Waals surface area contributed by atoms with Crippen molar-refractivity contribution in [2.75, 3.05) is 18.4 Å². The quantitative estimate of drug-likeness (QED) is 0.833. The second kappa shape index (κ2) is 7.05. The highest BCUT2D eigenvalue weighted by Gasteiger charge is 2.32. The van der Waals surface area contributed by atoms with Gasteiger partial charge in [-0.25, -0.2) is 0 Å². The Morgan fingerprint density at radius 2 is 1.77 bits per heavy atom. The Hall–Kier alpha value is -1.68. The van der Waals surface area contributed by atoms with Crippen LogP contribution in [0.1, 0.15) is 44.5 Å². The van der Waals surface area contributed by atoms with Gasteiger partial charge >= 0.3 is 0 Å². The van der Waals surface area contributed by atoms with Crippen LogP contribution in [0.5, 0.6) is 0 Å². The number of Topliss-reactive ketones (excluding diaryl/α,β-unsaturated/α-hetero) is 1. The summed E-state index contributed by atoms with van der Waals surface area (Å²) in [5, 5.41) is 2.94. The number of amides is 1. The third kappa shape index (κ3) is 3.95. The van der Waals surface area contributed by atoms with Crippen molar-refractivity contribution in [3.63, 3.8) is 0 Å². The van der Waals surface area contributed by atoms with Gasteiger partial charge in [-0.3, -0.25) is 9.59 Å². The molecule has 1 aliphatic heterocycles. The molecule has 22 heavy (non-hydrogen) atoms. The van der Waals surface area contributed by atoms with Crippen molar-refractivity contribution in [1.29, 1.82) is 0 Å². The molecule has 1 aromatic carbocycles. The summed E-state index contributed by atoms with van der Waals surface area (Å²) in [7, 11) is 0. The van der Waals surface area contributed by atoms with Crippen LogP contribution < -0.4 is 10.2 Å². The van der Waals surface area contributed by atoms with Crippen molar-refractivity contribution in [3.05, 3.63) is 29.8 Å². The number of para-hydroxylation sites is 1. The van der Waals surface area contributed by atoms with Crippen molar-refractivity contribution in [1.82, 2.24) is 0 Å². The van der Waals surface area contributed by atoms with Crippen molar-refractivity contribution in [3.8, 4) is 0 Å². The summed E-state index contributed by atoms with van der Waals surface area (Å²) in [6.45, 7) is 10.1. The lowest BCUT2D eigenvalue weighted by Crippen LogP contribution is -3.18. The molecule has 1 aromatic rings. The topological polar surface area (TPSA) is 50.6 Å². The molecule has 0 radical (unpaired) electrons. The number of carbonyl (C=O) groups excluding carboxylic acids is 2. The minimum atomic E-state index is -0.106. The second-order valence-corrected chi connectivity index (χ2v) is 6.83. The summed E-state index contributed by atoms with van der Waals surface area (Å²) in [6, 6.07) is 7.09. The van der Waals surface area contributed by atoms with E-state index in [0.717, 1.165) is 13.1 Å². The Balaban J connectivity index is 2.07. The largest absolute Gasteiger partial charge is 0.324 e. The van der Waals surface area contributed by atoms with E-state index in [4.69, 9.17) is 0 Å². The number of piperidine rings is 1. The molecule has 1 heterocycles. The Morgan fingerprint density at radius 1 is 1.18 bits per heavy atom. The van der Waals surface area contributed by atoms with E-state index in [-0.39, 0.29) is 17.7 Å². The Bertz CT molecular complexity index is 546. The van der Waals surface area contributed by atoms with E-state index in [1.807, 2.05) is 19.1 Å². The monoisotopic (exact) mass is 303 g/mol. The molecule has 0 saturated carbocycles.